The van der Waals surface area contributed by atoms with E-state index in [0.717, 1.165) is 11.3 Å². The molecule has 7 nitrogen and oxygen atoms in total. The van der Waals surface area contributed by atoms with Gasteiger partial charge in [0.15, 0.2) is 0 Å². The fraction of sp³-hybridized carbons (Fsp3) is 0.267. The molecule has 1 amide bonds. The zero-order valence-electron chi connectivity index (χ0n) is 12.4. The van der Waals surface area contributed by atoms with Crippen LogP contribution >= 0.6 is 0 Å². The first-order valence-corrected chi connectivity index (χ1v) is 6.69. The number of amides is 1. The highest BCUT2D eigenvalue weighted by Crippen LogP contribution is 2.11. The molecular formula is C15H17N3O4. The number of carbonyl (C=O) groups is 2. The summed E-state index contributed by atoms with van der Waals surface area (Å²) in [5, 5.41) is 15.5. The number of hydrogen-bond acceptors (Lipinski definition) is 4. The Labute approximate surface area is 127 Å². The van der Waals surface area contributed by atoms with Gasteiger partial charge in [-0.2, -0.15) is 5.10 Å². The number of aryl methyl sites for hydroxylation is 1. The zero-order valence-corrected chi connectivity index (χ0v) is 12.4. The molecule has 0 spiro atoms. The highest BCUT2D eigenvalue weighted by Gasteiger charge is 2.21. The van der Waals surface area contributed by atoms with Gasteiger partial charge in [-0.25, -0.2) is 4.79 Å². The molecule has 0 fully saturated rings. The van der Waals surface area contributed by atoms with Crippen LogP contribution in [0.1, 0.15) is 26.4 Å². The third-order valence-electron chi connectivity index (χ3n) is 3.24. The Morgan fingerprint density at radius 1 is 1.32 bits per heavy atom. The molecule has 2 N–H and O–H groups in total. The summed E-state index contributed by atoms with van der Waals surface area (Å²) in [4.78, 5) is 23.1. The number of carboxylic acid groups (broad SMARTS) is 1. The summed E-state index contributed by atoms with van der Waals surface area (Å²) in [6.45, 7) is 0.398. The molecule has 2 rings (SSSR count). The van der Waals surface area contributed by atoms with E-state index in [0.29, 0.717) is 13.0 Å². The molecule has 116 valence electrons. The number of aromatic nitrogens is 2. The number of nitrogens with zero attached hydrogens (tertiary/aromatic N) is 2. The molecular weight excluding hydrogens is 286 g/mol. The predicted octanol–water partition coefficient (Wildman–Crippen LogP) is 1.10. The normalized spacial score (nSPS) is 10.3. The number of aromatic carboxylic acids is 1. The molecule has 22 heavy (non-hydrogen) atoms. The van der Waals surface area contributed by atoms with Crippen molar-refractivity contribution in [3.05, 3.63) is 47.3 Å². The van der Waals surface area contributed by atoms with Gasteiger partial charge >= 0.3 is 5.97 Å². The number of nitrogens with one attached hydrogen (secondary N) is 1. The second-order valence-electron chi connectivity index (χ2n) is 4.69. The van der Waals surface area contributed by atoms with Gasteiger partial charge in [0.25, 0.3) is 5.91 Å². The number of carbonyl (C=O) groups excluding carboxylic acids is 1. The maximum Gasteiger partial charge on any atom is 0.339 e. The van der Waals surface area contributed by atoms with Crippen molar-refractivity contribution in [3.8, 4) is 5.75 Å². The van der Waals surface area contributed by atoms with Crippen LogP contribution in [0.5, 0.6) is 5.75 Å². The largest absolute Gasteiger partial charge is 0.497 e. The summed E-state index contributed by atoms with van der Waals surface area (Å²) < 4.78 is 6.33. The first kappa shape index (κ1) is 15.6. The van der Waals surface area contributed by atoms with Crippen molar-refractivity contribution in [2.24, 2.45) is 7.05 Å². The minimum absolute atomic E-state index is 0.0437. The average Bonchev–Trinajstić information content (AvgIpc) is 2.90. The molecule has 1 aromatic carbocycles. The number of carboxylic acids is 1. The minimum atomic E-state index is -1.17. The number of ether oxygens (including phenoxy) is 1. The molecule has 0 saturated carbocycles. The van der Waals surface area contributed by atoms with Gasteiger partial charge in [-0.05, 0) is 24.1 Å². The van der Waals surface area contributed by atoms with Gasteiger partial charge in [0, 0.05) is 13.6 Å². The van der Waals surface area contributed by atoms with Gasteiger partial charge in [0.05, 0.1) is 13.3 Å². The van der Waals surface area contributed by atoms with Gasteiger partial charge in [0.2, 0.25) is 0 Å². The van der Waals surface area contributed by atoms with E-state index < -0.39 is 11.9 Å². The molecule has 0 aliphatic rings. The topological polar surface area (TPSA) is 93.4 Å². The quantitative estimate of drug-likeness (QED) is 0.833. The van der Waals surface area contributed by atoms with Crippen molar-refractivity contribution in [1.29, 1.82) is 0 Å². The van der Waals surface area contributed by atoms with Crippen LogP contribution in [0, 0.1) is 0 Å². The lowest BCUT2D eigenvalue weighted by Gasteiger charge is -2.07. The van der Waals surface area contributed by atoms with E-state index in [1.165, 1.54) is 17.9 Å². The molecule has 0 radical (unpaired) electrons. The molecule has 0 aliphatic carbocycles. The number of rotatable bonds is 6. The Balaban J connectivity index is 1.95. The van der Waals surface area contributed by atoms with Gasteiger partial charge < -0.3 is 15.2 Å². The average molecular weight is 303 g/mol. The molecule has 1 heterocycles. The van der Waals surface area contributed by atoms with Crippen molar-refractivity contribution in [1.82, 2.24) is 15.1 Å². The Bertz CT molecular complexity index is 677. The van der Waals surface area contributed by atoms with Crippen LogP contribution in [0.2, 0.25) is 0 Å². The fourth-order valence-electron chi connectivity index (χ4n) is 2.06. The zero-order chi connectivity index (χ0) is 16.1. The molecule has 0 atom stereocenters. The molecule has 0 unspecified atom stereocenters. The molecule has 0 aliphatic heterocycles. The second-order valence-corrected chi connectivity index (χ2v) is 4.69. The Morgan fingerprint density at radius 3 is 2.59 bits per heavy atom. The Morgan fingerprint density at radius 2 is 2.00 bits per heavy atom. The third kappa shape index (κ3) is 3.43. The van der Waals surface area contributed by atoms with Crippen LogP contribution in [0.25, 0.3) is 0 Å². The van der Waals surface area contributed by atoms with Crippen LogP contribution in [-0.2, 0) is 13.5 Å². The summed E-state index contributed by atoms with van der Waals surface area (Å²) >= 11 is 0. The van der Waals surface area contributed by atoms with Crippen molar-refractivity contribution in [3.63, 3.8) is 0 Å². The lowest BCUT2D eigenvalue weighted by atomic mass is 10.1. The molecule has 1 aromatic heterocycles. The van der Waals surface area contributed by atoms with Gasteiger partial charge in [-0.1, -0.05) is 12.1 Å². The Kier molecular flexibility index (Phi) is 4.77. The van der Waals surface area contributed by atoms with Crippen molar-refractivity contribution >= 4 is 11.9 Å². The minimum Gasteiger partial charge on any atom is -0.497 e. The monoisotopic (exact) mass is 303 g/mol. The second kappa shape index (κ2) is 6.75. The van der Waals surface area contributed by atoms with Gasteiger partial charge in [0.1, 0.15) is 17.0 Å². The van der Waals surface area contributed by atoms with Gasteiger partial charge in [-0.15, -0.1) is 0 Å². The van der Waals surface area contributed by atoms with E-state index in [-0.39, 0.29) is 11.3 Å². The van der Waals surface area contributed by atoms with E-state index in [1.807, 2.05) is 24.3 Å². The smallest absolute Gasteiger partial charge is 0.339 e. The van der Waals surface area contributed by atoms with E-state index in [1.54, 1.807) is 7.11 Å². The summed E-state index contributed by atoms with van der Waals surface area (Å²) in [7, 11) is 3.13. The lowest BCUT2D eigenvalue weighted by molar-refractivity contribution is 0.0690. The van der Waals surface area contributed by atoms with E-state index in [4.69, 9.17) is 9.84 Å². The molecule has 0 saturated heterocycles. The van der Waals surface area contributed by atoms with E-state index in [9.17, 15) is 9.59 Å². The fourth-order valence-corrected chi connectivity index (χ4v) is 2.06. The maximum absolute atomic E-state index is 12.1. The van der Waals surface area contributed by atoms with Crippen molar-refractivity contribution in [2.45, 2.75) is 6.42 Å². The summed E-state index contributed by atoms with van der Waals surface area (Å²) in [5.41, 5.74) is 0.983. The van der Waals surface area contributed by atoms with Gasteiger partial charge in [-0.3, -0.25) is 9.48 Å². The maximum atomic E-state index is 12.1. The summed E-state index contributed by atoms with van der Waals surface area (Å²) in [6.07, 6.45) is 1.80. The first-order valence-electron chi connectivity index (χ1n) is 6.69. The first-order chi connectivity index (χ1) is 10.5. The molecule has 0 bridgehead atoms. The SMILES string of the molecule is COc1ccc(CCNC(=O)c2c(C(=O)O)cnn2C)cc1. The molecule has 2 aromatic rings. The highest BCUT2D eigenvalue weighted by molar-refractivity contribution is 6.03. The van der Waals surface area contributed by atoms with Crippen LogP contribution < -0.4 is 10.1 Å². The van der Waals surface area contributed by atoms with Crippen LogP contribution in [0.3, 0.4) is 0 Å². The molecule has 7 heteroatoms. The number of hydrogen-bond donors (Lipinski definition) is 2. The van der Waals surface area contributed by atoms with Crippen molar-refractivity contribution in [2.75, 3.05) is 13.7 Å². The Hall–Kier alpha value is -2.83. The van der Waals surface area contributed by atoms with Crippen LogP contribution in [0.4, 0.5) is 0 Å². The predicted molar refractivity (Wildman–Crippen MR) is 79.2 cm³/mol. The summed E-state index contributed by atoms with van der Waals surface area (Å²) in [6, 6.07) is 7.52. The summed E-state index contributed by atoms with van der Waals surface area (Å²) in [5.74, 6) is -0.854. The number of benzene rings is 1. The third-order valence-corrected chi connectivity index (χ3v) is 3.24. The van der Waals surface area contributed by atoms with Crippen LogP contribution in [0.15, 0.2) is 30.5 Å². The van der Waals surface area contributed by atoms with Crippen LogP contribution in [-0.4, -0.2) is 40.4 Å². The lowest BCUT2D eigenvalue weighted by Crippen LogP contribution is -2.29. The number of methoxy groups -OCH3 is 1. The highest BCUT2D eigenvalue weighted by atomic mass is 16.5. The van der Waals surface area contributed by atoms with Crippen molar-refractivity contribution < 1.29 is 19.4 Å². The standard InChI is InChI=1S/C15H17N3O4/c1-18-13(12(9-17-18)15(20)21)14(19)16-8-7-10-3-5-11(22-2)6-4-10/h3-6,9H,7-8H2,1-2H3,(H,16,19)(H,20,21). The van der Waals surface area contributed by atoms with E-state index in [2.05, 4.69) is 10.4 Å². The van der Waals surface area contributed by atoms with E-state index >= 15 is 0 Å².